The molecule has 1 saturated heterocycles. The van der Waals surface area contributed by atoms with Gasteiger partial charge < -0.3 is 43.4 Å². The molecule has 0 radical (unpaired) electrons. The number of carbonyl (C=O) groups is 4. The molecule has 0 unspecified atom stereocenters. The van der Waals surface area contributed by atoms with E-state index in [0.717, 1.165) is 16.7 Å². The first-order valence-corrected chi connectivity index (χ1v) is 21.7. The molecule has 10 N–H and O–H groups in total. The molecule has 340 valence electrons. The highest BCUT2D eigenvalue weighted by Gasteiger charge is 2.33. The highest BCUT2D eigenvalue weighted by molar-refractivity contribution is 6.30. The number of benzene rings is 5. The van der Waals surface area contributed by atoms with Crippen molar-refractivity contribution in [1.29, 1.82) is 0 Å². The van der Waals surface area contributed by atoms with Crippen molar-refractivity contribution >= 4 is 58.6 Å². The zero-order valence-electron chi connectivity index (χ0n) is 36.7. The number of rotatable bonds is 16. The van der Waals surface area contributed by atoms with E-state index in [2.05, 4.69) is 31.0 Å². The van der Waals surface area contributed by atoms with E-state index in [1.807, 2.05) is 86.6 Å². The lowest BCUT2D eigenvalue weighted by Crippen LogP contribution is -2.59. The number of carbonyl (C=O) groups excluding carboxylic acids is 4. The predicted octanol–water partition coefficient (Wildman–Crippen LogP) is 4.25. The number of piperazine rings is 1. The van der Waals surface area contributed by atoms with Crippen LogP contribution in [0.5, 0.6) is 0 Å². The van der Waals surface area contributed by atoms with Crippen molar-refractivity contribution in [2.24, 2.45) is 49.3 Å². The lowest BCUT2D eigenvalue weighted by atomic mass is 9.99. The van der Waals surface area contributed by atoms with E-state index in [9.17, 15) is 19.2 Å². The Hall–Kier alpha value is -7.85. The summed E-state index contributed by atoms with van der Waals surface area (Å²) in [6.45, 7) is 4.86. The fraction of sp³-hybridized carbons (Fsp3) is 0.224. The Bertz CT molecular complexity index is 2590. The Kier molecular flexibility index (Phi) is 16.4. The third-order valence-electron chi connectivity index (χ3n) is 10.6. The second-order valence-electron chi connectivity index (χ2n) is 16.0. The van der Waals surface area contributed by atoms with Crippen molar-refractivity contribution < 1.29 is 19.2 Å². The van der Waals surface area contributed by atoms with Gasteiger partial charge >= 0.3 is 0 Å². The minimum absolute atomic E-state index is 0.0850. The first kappa shape index (κ1) is 47.6. The Morgan fingerprint density at radius 1 is 0.515 bits per heavy atom. The minimum atomic E-state index is -0.940. The van der Waals surface area contributed by atoms with Gasteiger partial charge in [0.05, 0.1) is 0 Å². The van der Waals surface area contributed by atoms with E-state index in [1.54, 1.807) is 70.5 Å². The van der Waals surface area contributed by atoms with Crippen LogP contribution in [0, 0.1) is 5.92 Å². The van der Waals surface area contributed by atoms with Crippen LogP contribution in [0.15, 0.2) is 154 Å². The maximum atomic E-state index is 14.3. The summed E-state index contributed by atoms with van der Waals surface area (Å²) in [6, 6.07) is 37.6. The van der Waals surface area contributed by atoms with Gasteiger partial charge in [0.25, 0.3) is 11.8 Å². The molecule has 1 fully saturated rings. The van der Waals surface area contributed by atoms with Gasteiger partial charge in [0.1, 0.15) is 23.5 Å². The van der Waals surface area contributed by atoms with E-state index in [4.69, 9.17) is 34.5 Å². The SMILES string of the molecule is CC(C)C[C@H](NC(=O)c1ccc(/C(=N/N=C(N)N)c2ccccc2)cc1)C(=O)N1CCN(C(=O)[C@H](Cc2ccc(Cl)cc2)NC(=O)c2ccc(/C(=N/N=C(N)N)c3ccccc3)cc2)CC1. The first-order chi connectivity index (χ1) is 31.7. The van der Waals surface area contributed by atoms with E-state index in [-0.39, 0.29) is 62.3 Å². The zero-order chi connectivity index (χ0) is 47.2. The molecule has 0 bridgehead atoms. The van der Waals surface area contributed by atoms with Crippen LogP contribution >= 0.6 is 11.6 Å². The number of hydrogen-bond donors (Lipinski definition) is 6. The lowest BCUT2D eigenvalue weighted by Gasteiger charge is -2.38. The number of halogens is 1. The number of nitrogens with zero attached hydrogens (tertiary/aromatic N) is 6. The molecular formula is C49H53ClN12O4. The second-order valence-corrected chi connectivity index (χ2v) is 16.4. The van der Waals surface area contributed by atoms with Gasteiger partial charge in [0.2, 0.25) is 23.7 Å². The quantitative estimate of drug-likeness (QED) is 0.0473. The van der Waals surface area contributed by atoms with Crippen molar-refractivity contribution in [3.8, 4) is 0 Å². The topological polar surface area (TPSA) is 252 Å². The molecule has 1 aliphatic rings. The van der Waals surface area contributed by atoms with E-state index in [1.165, 1.54) is 0 Å². The summed E-state index contributed by atoms with van der Waals surface area (Å²) in [7, 11) is 0. The van der Waals surface area contributed by atoms with Gasteiger partial charge in [0.15, 0.2) is 0 Å². The van der Waals surface area contributed by atoms with Crippen LogP contribution in [0.3, 0.4) is 0 Å². The molecule has 17 heteroatoms. The van der Waals surface area contributed by atoms with E-state index < -0.39 is 23.9 Å². The maximum absolute atomic E-state index is 14.3. The molecule has 0 spiro atoms. The van der Waals surface area contributed by atoms with Gasteiger partial charge in [0, 0.05) is 71.0 Å². The summed E-state index contributed by atoms with van der Waals surface area (Å²) in [5.74, 6) is -1.72. The van der Waals surface area contributed by atoms with Crippen LogP contribution in [-0.2, 0) is 16.0 Å². The molecule has 16 nitrogen and oxygen atoms in total. The molecule has 0 aromatic heterocycles. The molecule has 1 heterocycles. The Balaban J connectivity index is 1.12. The number of nitrogens with two attached hydrogens (primary N) is 4. The maximum Gasteiger partial charge on any atom is 0.251 e. The second kappa shape index (κ2) is 22.7. The van der Waals surface area contributed by atoms with Crippen LogP contribution in [0.25, 0.3) is 0 Å². The molecule has 5 aromatic rings. The van der Waals surface area contributed by atoms with Crippen molar-refractivity contribution in [2.45, 2.75) is 38.8 Å². The molecule has 4 amide bonds. The Morgan fingerprint density at radius 3 is 1.27 bits per heavy atom. The van der Waals surface area contributed by atoms with Crippen LogP contribution in [0.4, 0.5) is 0 Å². The van der Waals surface area contributed by atoms with Crippen LogP contribution in [-0.4, -0.2) is 95.0 Å². The summed E-state index contributed by atoms with van der Waals surface area (Å²) < 4.78 is 0. The molecule has 2 atom stereocenters. The number of hydrogen-bond acceptors (Lipinski definition) is 8. The van der Waals surface area contributed by atoms with Gasteiger partial charge in [-0.3, -0.25) is 19.2 Å². The summed E-state index contributed by atoms with van der Waals surface area (Å²) in [5, 5.41) is 22.6. The van der Waals surface area contributed by atoms with E-state index >= 15 is 0 Å². The van der Waals surface area contributed by atoms with Gasteiger partial charge in [-0.25, -0.2) is 0 Å². The highest BCUT2D eigenvalue weighted by Crippen LogP contribution is 2.19. The molecule has 5 aromatic carbocycles. The number of guanidine groups is 2. The average Bonchev–Trinajstić information content (AvgIpc) is 3.32. The molecule has 66 heavy (non-hydrogen) atoms. The van der Waals surface area contributed by atoms with Crippen LogP contribution in [0.1, 0.15) is 68.8 Å². The summed E-state index contributed by atoms with van der Waals surface area (Å²) in [5.41, 5.74) is 27.6. The number of amides is 4. The summed E-state index contributed by atoms with van der Waals surface area (Å²) in [6.07, 6.45) is 0.598. The van der Waals surface area contributed by atoms with E-state index in [0.29, 0.717) is 45.1 Å². The van der Waals surface area contributed by atoms with Crippen molar-refractivity contribution in [2.75, 3.05) is 26.2 Å². The summed E-state index contributed by atoms with van der Waals surface area (Å²) in [4.78, 5) is 59.1. The lowest BCUT2D eigenvalue weighted by molar-refractivity contribution is -0.141. The molecule has 6 rings (SSSR count). The molecule has 1 aliphatic heterocycles. The van der Waals surface area contributed by atoms with Crippen LogP contribution < -0.4 is 33.6 Å². The van der Waals surface area contributed by atoms with Crippen LogP contribution in [0.2, 0.25) is 5.02 Å². The van der Waals surface area contributed by atoms with Crippen molar-refractivity contribution in [3.05, 3.63) is 177 Å². The minimum Gasteiger partial charge on any atom is -0.369 e. The van der Waals surface area contributed by atoms with Gasteiger partial charge in [-0.2, -0.15) is 0 Å². The molecule has 0 aliphatic carbocycles. The van der Waals surface area contributed by atoms with Crippen molar-refractivity contribution in [3.63, 3.8) is 0 Å². The third-order valence-corrected chi connectivity index (χ3v) is 10.9. The standard InChI is InChI=1S/C49H53ClN12O4/c1-31(2)29-40(55-44(63)37-19-15-35(16-20-37)42(57-59-48(51)52)33-9-5-3-6-10-33)46(65)61-25-27-62(28-26-61)47(66)41(30-32-13-23-39(50)24-14-32)56-45(64)38-21-17-36(18-22-38)43(58-60-49(53)54)34-11-7-4-8-12-34/h3-24,31,40-41H,25-30H2,1-2H3,(H,55,63)(H,56,64)(H4,51,52,59)(H4,53,54,60)/b57-42+,58-43+/t40-,41-/m0/s1. The summed E-state index contributed by atoms with van der Waals surface area (Å²) >= 11 is 6.17. The van der Waals surface area contributed by atoms with Crippen molar-refractivity contribution in [1.82, 2.24) is 20.4 Å². The fourth-order valence-electron chi connectivity index (χ4n) is 7.35. The normalized spacial score (nSPS) is 13.9. The van der Waals surface area contributed by atoms with Gasteiger partial charge in [-0.1, -0.05) is 123 Å². The van der Waals surface area contributed by atoms with Gasteiger partial charge in [-0.15, -0.1) is 20.4 Å². The monoisotopic (exact) mass is 908 g/mol. The first-order valence-electron chi connectivity index (χ1n) is 21.3. The van der Waals surface area contributed by atoms with Gasteiger partial charge in [-0.05, 0) is 54.3 Å². The number of nitrogens with one attached hydrogen (secondary N) is 2. The molecular weight excluding hydrogens is 856 g/mol. The fourth-order valence-corrected chi connectivity index (χ4v) is 7.48. The Morgan fingerprint density at radius 2 is 0.879 bits per heavy atom. The molecule has 0 saturated carbocycles. The third kappa shape index (κ3) is 13.1. The Labute approximate surface area is 388 Å². The predicted molar refractivity (Wildman–Crippen MR) is 259 cm³/mol. The average molecular weight is 909 g/mol. The smallest absolute Gasteiger partial charge is 0.251 e. The zero-order valence-corrected chi connectivity index (χ0v) is 37.4. The highest BCUT2D eigenvalue weighted by atomic mass is 35.5. The largest absolute Gasteiger partial charge is 0.369 e.